The number of carbonyl (C=O) groups is 2. The molecular formula is C27H33BrN4O5S. The number of halogens is 1. The van der Waals surface area contributed by atoms with Crippen molar-refractivity contribution in [1.82, 2.24) is 15.1 Å². The van der Waals surface area contributed by atoms with Gasteiger partial charge >= 0.3 is 5.97 Å². The second-order valence-corrected chi connectivity index (χ2v) is 12.7. The molecule has 4 rings (SSSR count). The van der Waals surface area contributed by atoms with Crippen LogP contribution < -0.4 is 9.62 Å². The van der Waals surface area contributed by atoms with Crippen molar-refractivity contribution in [3.63, 3.8) is 0 Å². The molecule has 38 heavy (non-hydrogen) atoms. The van der Waals surface area contributed by atoms with Crippen molar-refractivity contribution in [3.8, 4) is 5.69 Å². The smallest absolute Gasteiger partial charge is 0.303 e. The molecule has 1 heterocycles. The van der Waals surface area contributed by atoms with Gasteiger partial charge in [0.15, 0.2) is 0 Å². The quantitative estimate of drug-likeness (QED) is 0.315. The summed E-state index contributed by atoms with van der Waals surface area (Å²) in [7, 11) is -2.21. The lowest BCUT2D eigenvalue weighted by molar-refractivity contribution is -0.137. The average Bonchev–Trinajstić information content (AvgIpc) is 3.65. The van der Waals surface area contributed by atoms with Crippen LogP contribution in [0.15, 0.2) is 40.9 Å². The molecule has 11 heteroatoms. The van der Waals surface area contributed by atoms with E-state index in [0.29, 0.717) is 34.4 Å². The first-order valence-electron chi connectivity index (χ1n) is 12.7. The molecule has 0 spiro atoms. The highest BCUT2D eigenvalue weighted by Gasteiger charge is 2.37. The van der Waals surface area contributed by atoms with Crippen LogP contribution in [0, 0.1) is 5.92 Å². The maximum atomic E-state index is 13.3. The molecule has 9 nitrogen and oxygen atoms in total. The van der Waals surface area contributed by atoms with E-state index < -0.39 is 22.0 Å². The summed E-state index contributed by atoms with van der Waals surface area (Å²) in [5, 5.41) is 17.5. The van der Waals surface area contributed by atoms with E-state index in [4.69, 9.17) is 5.10 Å². The third kappa shape index (κ3) is 5.73. The molecule has 0 bridgehead atoms. The maximum Gasteiger partial charge on any atom is 0.303 e. The Labute approximate surface area is 231 Å². The minimum Gasteiger partial charge on any atom is -0.481 e. The lowest BCUT2D eigenvalue weighted by Gasteiger charge is -2.36. The molecular weight excluding hydrogens is 572 g/mol. The summed E-state index contributed by atoms with van der Waals surface area (Å²) in [4.78, 5) is 24.5. The highest BCUT2D eigenvalue weighted by molar-refractivity contribution is 9.10. The molecule has 1 aliphatic rings. The fourth-order valence-electron chi connectivity index (χ4n) is 4.94. The zero-order chi connectivity index (χ0) is 27.8. The van der Waals surface area contributed by atoms with Gasteiger partial charge in [-0.1, -0.05) is 36.2 Å². The molecule has 1 aromatic heterocycles. The second-order valence-electron chi connectivity index (χ2n) is 9.96. The Morgan fingerprint density at radius 2 is 1.89 bits per heavy atom. The summed E-state index contributed by atoms with van der Waals surface area (Å²) in [5.74, 6) is -1.19. The van der Waals surface area contributed by atoms with Crippen molar-refractivity contribution in [3.05, 3.63) is 52.1 Å². The van der Waals surface area contributed by atoms with E-state index in [-0.39, 0.29) is 30.6 Å². The highest BCUT2D eigenvalue weighted by Crippen LogP contribution is 2.47. The summed E-state index contributed by atoms with van der Waals surface area (Å²) in [6.07, 6.45) is 3.74. The van der Waals surface area contributed by atoms with Crippen LogP contribution in [-0.2, 0) is 14.8 Å². The van der Waals surface area contributed by atoms with Crippen molar-refractivity contribution in [1.29, 1.82) is 0 Å². The van der Waals surface area contributed by atoms with Crippen LogP contribution in [0.1, 0.15) is 67.9 Å². The molecule has 1 aliphatic carbocycles. The van der Waals surface area contributed by atoms with Crippen LogP contribution in [0.5, 0.6) is 0 Å². The van der Waals surface area contributed by atoms with Crippen molar-refractivity contribution >= 4 is 54.4 Å². The molecule has 0 radical (unpaired) electrons. The van der Waals surface area contributed by atoms with Crippen molar-refractivity contribution in [2.45, 2.75) is 57.9 Å². The molecule has 1 amide bonds. The van der Waals surface area contributed by atoms with E-state index in [9.17, 15) is 23.1 Å². The number of hydrogen-bond donors (Lipinski definition) is 2. The molecule has 2 aromatic carbocycles. The SMILES string of the molecule is CCC(C)C(CCC(=O)O)N(c1cc2nn(-c3ccc(Br)cc3)c(C(=O)NC)c2cc1C1CC1)S(C)(=O)=O. The molecule has 2 atom stereocenters. The summed E-state index contributed by atoms with van der Waals surface area (Å²) < 4.78 is 30.5. The Balaban J connectivity index is 1.99. The first-order chi connectivity index (χ1) is 18.0. The number of carboxylic acid groups (broad SMARTS) is 1. The normalized spacial score (nSPS) is 15.3. The zero-order valence-corrected chi connectivity index (χ0v) is 24.3. The largest absolute Gasteiger partial charge is 0.481 e. The van der Waals surface area contributed by atoms with Crippen LogP contribution >= 0.6 is 15.9 Å². The van der Waals surface area contributed by atoms with E-state index in [1.165, 1.54) is 10.6 Å². The zero-order valence-electron chi connectivity index (χ0n) is 21.9. The number of nitrogens with one attached hydrogen (secondary N) is 1. The predicted molar refractivity (Wildman–Crippen MR) is 152 cm³/mol. The number of carbonyl (C=O) groups excluding carboxylic acids is 1. The minimum atomic E-state index is -3.78. The minimum absolute atomic E-state index is 0.0754. The van der Waals surface area contributed by atoms with Crippen molar-refractivity contribution in [2.75, 3.05) is 17.6 Å². The molecule has 1 saturated carbocycles. The number of carboxylic acids is 1. The fraction of sp³-hybridized carbons (Fsp3) is 0.444. The topological polar surface area (TPSA) is 122 Å². The predicted octanol–water partition coefficient (Wildman–Crippen LogP) is 5.07. The Bertz CT molecular complexity index is 1460. The van der Waals surface area contributed by atoms with E-state index in [1.54, 1.807) is 17.8 Å². The fourth-order valence-corrected chi connectivity index (χ4v) is 6.52. The third-order valence-corrected chi connectivity index (χ3v) is 8.91. The molecule has 0 saturated heterocycles. The summed E-state index contributed by atoms with van der Waals surface area (Å²) in [6.45, 7) is 3.92. The van der Waals surface area contributed by atoms with E-state index in [1.807, 2.05) is 44.2 Å². The van der Waals surface area contributed by atoms with E-state index in [0.717, 1.165) is 22.9 Å². The van der Waals surface area contributed by atoms with Gasteiger partial charge in [-0.25, -0.2) is 13.1 Å². The molecule has 2 N–H and O–H groups in total. The number of aromatic nitrogens is 2. The van der Waals surface area contributed by atoms with Crippen LogP contribution in [0.25, 0.3) is 16.6 Å². The number of fused-ring (bicyclic) bond motifs is 1. The standard InChI is InChI=1S/C27H33BrN4O5S/c1-5-16(2)23(12-13-25(33)34)32(38(4,36)37)24-15-22-21(14-20(24)17-6-7-17)26(27(35)29-3)31(30-22)19-10-8-18(28)9-11-19/h8-11,14-17,23H,5-7,12-13H2,1-4H3,(H,29,35)(H,33,34). The Hall–Kier alpha value is -2.92. The Kier molecular flexibility index (Phi) is 8.17. The molecule has 204 valence electrons. The first-order valence-corrected chi connectivity index (χ1v) is 15.4. The summed E-state index contributed by atoms with van der Waals surface area (Å²) in [6, 6.07) is 10.5. The molecule has 1 fully saturated rings. The van der Waals surface area contributed by atoms with Gasteiger partial charge in [0, 0.05) is 29.4 Å². The monoisotopic (exact) mass is 604 g/mol. The third-order valence-electron chi connectivity index (χ3n) is 7.20. The van der Waals surface area contributed by atoms with Gasteiger partial charge in [-0.3, -0.25) is 13.9 Å². The summed E-state index contributed by atoms with van der Waals surface area (Å²) in [5.41, 5.74) is 2.90. The average molecular weight is 606 g/mol. The second kappa shape index (κ2) is 11.1. The highest BCUT2D eigenvalue weighted by atomic mass is 79.9. The Morgan fingerprint density at radius 1 is 1.24 bits per heavy atom. The van der Waals surface area contributed by atoms with Gasteiger partial charge in [-0.15, -0.1) is 0 Å². The van der Waals surface area contributed by atoms with Gasteiger partial charge in [0.05, 0.1) is 23.1 Å². The maximum absolute atomic E-state index is 13.3. The number of benzene rings is 2. The number of sulfonamides is 1. The van der Waals surface area contributed by atoms with Gasteiger partial charge in [-0.2, -0.15) is 5.10 Å². The van der Waals surface area contributed by atoms with Crippen LogP contribution in [0.2, 0.25) is 0 Å². The first kappa shape index (κ1) is 28.1. The van der Waals surface area contributed by atoms with Crippen molar-refractivity contribution in [2.24, 2.45) is 5.92 Å². The summed E-state index contributed by atoms with van der Waals surface area (Å²) >= 11 is 3.43. The lowest BCUT2D eigenvalue weighted by atomic mass is 9.93. The van der Waals surface area contributed by atoms with Crippen LogP contribution in [-0.4, -0.2) is 54.5 Å². The number of amides is 1. The molecule has 3 aromatic rings. The van der Waals surface area contributed by atoms with Gasteiger partial charge < -0.3 is 10.4 Å². The van der Waals surface area contributed by atoms with E-state index >= 15 is 0 Å². The van der Waals surface area contributed by atoms with Crippen LogP contribution in [0.4, 0.5) is 5.69 Å². The molecule has 0 aliphatic heterocycles. The number of rotatable bonds is 11. The van der Waals surface area contributed by atoms with Crippen molar-refractivity contribution < 1.29 is 23.1 Å². The van der Waals surface area contributed by atoms with Gasteiger partial charge in [0.25, 0.3) is 5.91 Å². The Morgan fingerprint density at radius 3 is 2.42 bits per heavy atom. The van der Waals surface area contributed by atoms with E-state index in [2.05, 4.69) is 21.2 Å². The number of anilines is 1. The number of hydrogen-bond acceptors (Lipinski definition) is 5. The van der Waals surface area contributed by atoms with Crippen LogP contribution in [0.3, 0.4) is 0 Å². The number of nitrogens with zero attached hydrogens (tertiary/aromatic N) is 3. The van der Waals surface area contributed by atoms with Gasteiger partial charge in [-0.05, 0) is 73.1 Å². The number of aliphatic carboxylic acids is 1. The van der Waals surface area contributed by atoms with Gasteiger partial charge in [0.2, 0.25) is 10.0 Å². The molecule has 2 unspecified atom stereocenters. The van der Waals surface area contributed by atoms with Gasteiger partial charge in [0.1, 0.15) is 5.69 Å². The lowest BCUT2D eigenvalue weighted by Crippen LogP contribution is -2.44.